The summed E-state index contributed by atoms with van der Waals surface area (Å²) in [5.41, 5.74) is 5.63. The third-order valence-corrected chi connectivity index (χ3v) is 4.68. The van der Waals surface area contributed by atoms with Crippen LogP contribution in [-0.4, -0.2) is 48.3 Å². The van der Waals surface area contributed by atoms with Crippen LogP contribution in [-0.2, 0) is 4.74 Å². The summed E-state index contributed by atoms with van der Waals surface area (Å²) in [5.74, 6) is 0.664. The largest absolute Gasteiger partial charge is 0.444 e. The molecule has 0 aromatic rings. The minimum absolute atomic E-state index is 0.169. The fourth-order valence-electron chi connectivity index (χ4n) is 3.39. The van der Waals surface area contributed by atoms with Gasteiger partial charge in [0.25, 0.3) is 0 Å². The molecule has 2 rings (SSSR count). The second kappa shape index (κ2) is 7.64. The molecule has 128 valence electrons. The van der Waals surface area contributed by atoms with Crippen molar-refractivity contribution in [1.29, 1.82) is 0 Å². The van der Waals surface area contributed by atoms with E-state index in [-0.39, 0.29) is 6.09 Å². The summed E-state index contributed by atoms with van der Waals surface area (Å²) in [5, 5.41) is 3.69. The van der Waals surface area contributed by atoms with Crippen LogP contribution >= 0.6 is 0 Å². The Bertz CT molecular complexity index is 359. The first-order valence-electron chi connectivity index (χ1n) is 8.80. The van der Waals surface area contributed by atoms with Crippen molar-refractivity contribution < 1.29 is 9.53 Å². The van der Waals surface area contributed by atoms with Crippen molar-refractivity contribution in [2.45, 2.75) is 77.0 Å². The Morgan fingerprint density at radius 2 is 1.91 bits per heavy atom. The summed E-state index contributed by atoms with van der Waals surface area (Å²) in [4.78, 5) is 13.9. The Morgan fingerprint density at radius 1 is 1.23 bits per heavy atom. The molecule has 1 amide bonds. The fourth-order valence-corrected chi connectivity index (χ4v) is 3.39. The number of nitrogens with zero attached hydrogens (tertiary/aromatic N) is 1. The van der Waals surface area contributed by atoms with Gasteiger partial charge in [0.15, 0.2) is 0 Å². The molecule has 0 aromatic carbocycles. The molecule has 1 aliphatic carbocycles. The van der Waals surface area contributed by atoms with Gasteiger partial charge in [0.05, 0.1) is 0 Å². The van der Waals surface area contributed by atoms with Crippen LogP contribution in [0.1, 0.15) is 59.3 Å². The molecule has 1 aliphatic heterocycles. The molecule has 1 saturated carbocycles. The summed E-state index contributed by atoms with van der Waals surface area (Å²) >= 11 is 0. The van der Waals surface area contributed by atoms with Gasteiger partial charge in [0.1, 0.15) is 5.60 Å². The second-order valence-electron chi connectivity index (χ2n) is 7.94. The zero-order valence-corrected chi connectivity index (χ0v) is 14.4. The second-order valence-corrected chi connectivity index (χ2v) is 7.94. The zero-order chi connectivity index (χ0) is 16.2. The first-order valence-corrected chi connectivity index (χ1v) is 8.80. The lowest BCUT2D eigenvalue weighted by molar-refractivity contribution is 0.0182. The maximum absolute atomic E-state index is 12.0. The Morgan fingerprint density at radius 3 is 2.50 bits per heavy atom. The van der Waals surface area contributed by atoms with Crippen molar-refractivity contribution in [3.8, 4) is 0 Å². The van der Waals surface area contributed by atoms with E-state index in [2.05, 4.69) is 5.32 Å². The van der Waals surface area contributed by atoms with Crippen molar-refractivity contribution in [2.24, 2.45) is 11.7 Å². The predicted octanol–water partition coefficient (Wildman–Crippen LogP) is 2.49. The maximum atomic E-state index is 12.0. The first-order chi connectivity index (χ1) is 10.3. The highest BCUT2D eigenvalue weighted by Crippen LogP contribution is 2.21. The van der Waals surface area contributed by atoms with E-state index >= 15 is 0 Å². The van der Waals surface area contributed by atoms with E-state index < -0.39 is 5.60 Å². The predicted molar refractivity (Wildman–Crippen MR) is 88.8 cm³/mol. The lowest BCUT2D eigenvalue weighted by atomic mass is 9.90. The minimum Gasteiger partial charge on any atom is -0.444 e. The van der Waals surface area contributed by atoms with Crippen LogP contribution in [0.15, 0.2) is 0 Å². The number of ether oxygens (including phenoxy) is 1. The van der Waals surface area contributed by atoms with Gasteiger partial charge < -0.3 is 20.7 Å². The van der Waals surface area contributed by atoms with Gasteiger partial charge in [-0.2, -0.15) is 0 Å². The maximum Gasteiger partial charge on any atom is 0.410 e. The standard InChI is InChI=1S/C17H33N3O2/c1-17(2,3)22-16(21)20-9-7-13(8-10-20)12-19-15-6-4-5-14(18)11-15/h13-15,19H,4-12,18H2,1-3H3. The minimum atomic E-state index is -0.408. The summed E-state index contributed by atoms with van der Waals surface area (Å²) in [6.07, 6.45) is 6.73. The highest BCUT2D eigenvalue weighted by molar-refractivity contribution is 5.68. The molecule has 1 heterocycles. The van der Waals surface area contributed by atoms with E-state index in [1.807, 2.05) is 25.7 Å². The lowest BCUT2D eigenvalue weighted by Gasteiger charge is -2.35. The third-order valence-electron chi connectivity index (χ3n) is 4.68. The number of amides is 1. The average molecular weight is 311 g/mol. The monoisotopic (exact) mass is 311 g/mol. The van der Waals surface area contributed by atoms with Crippen LogP contribution in [0.25, 0.3) is 0 Å². The summed E-state index contributed by atoms with van der Waals surface area (Å²) in [6, 6.07) is 0.966. The Labute approximate surface area is 134 Å². The third kappa shape index (κ3) is 5.76. The molecule has 0 bridgehead atoms. The molecule has 0 aromatic heterocycles. The number of nitrogens with two attached hydrogens (primary N) is 1. The summed E-state index contributed by atoms with van der Waals surface area (Å²) < 4.78 is 5.44. The van der Waals surface area contributed by atoms with Crippen LogP contribution in [0.3, 0.4) is 0 Å². The summed E-state index contributed by atoms with van der Waals surface area (Å²) in [7, 11) is 0. The van der Waals surface area contributed by atoms with Crippen molar-refractivity contribution >= 4 is 6.09 Å². The van der Waals surface area contributed by atoms with Gasteiger partial charge in [-0.1, -0.05) is 6.42 Å². The van der Waals surface area contributed by atoms with Crippen molar-refractivity contribution in [3.05, 3.63) is 0 Å². The normalized spacial score (nSPS) is 27.7. The molecule has 2 unspecified atom stereocenters. The molecular weight excluding hydrogens is 278 g/mol. The molecule has 5 nitrogen and oxygen atoms in total. The number of hydrogen-bond acceptors (Lipinski definition) is 4. The van der Waals surface area contributed by atoms with Crippen LogP contribution in [0.4, 0.5) is 4.79 Å². The molecule has 5 heteroatoms. The molecular formula is C17H33N3O2. The van der Waals surface area contributed by atoms with E-state index in [1.54, 1.807) is 0 Å². The van der Waals surface area contributed by atoms with Gasteiger partial charge in [0, 0.05) is 25.2 Å². The van der Waals surface area contributed by atoms with Gasteiger partial charge in [0.2, 0.25) is 0 Å². The fraction of sp³-hybridized carbons (Fsp3) is 0.941. The van der Waals surface area contributed by atoms with Crippen LogP contribution in [0.5, 0.6) is 0 Å². The van der Waals surface area contributed by atoms with Gasteiger partial charge in [-0.3, -0.25) is 0 Å². The molecule has 22 heavy (non-hydrogen) atoms. The molecule has 2 aliphatic rings. The van der Waals surface area contributed by atoms with E-state index in [4.69, 9.17) is 10.5 Å². The molecule has 2 fully saturated rings. The SMILES string of the molecule is CC(C)(C)OC(=O)N1CCC(CNC2CCCC(N)C2)CC1. The van der Waals surface area contributed by atoms with E-state index in [0.717, 1.165) is 38.9 Å². The number of hydrogen-bond donors (Lipinski definition) is 2. The topological polar surface area (TPSA) is 67.6 Å². The Hall–Kier alpha value is -0.810. The van der Waals surface area contributed by atoms with Crippen LogP contribution in [0, 0.1) is 5.92 Å². The highest BCUT2D eigenvalue weighted by Gasteiger charge is 2.27. The number of likely N-dealkylation sites (tertiary alicyclic amines) is 1. The zero-order valence-electron chi connectivity index (χ0n) is 14.4. The molecule has 3 N–H and O–H groups in total. The van der Waals surface area contributed by atoms with Crippen LogP contribution < -0.4 is 11.1 Å². The van der Waals surface area contributed by atoms with Gasteiger partial charge in [-0.25, -0.2) is 4.79 Å². The van der Waals surface area contributed by atoms with Crippen molar-refractivity contribution in [3.63, 3.8) is 0 Å². The van der Waals surface area contributed by atoms with E-state index in [0.29, 0.717) is 18.0 Å². The van der Waals surface area contributed by atoms with E-state index in [1.165, 1.54) is 19.3 Å². The number of rotatable bonds is 3. The number of carbonyl (C=O) groups excluding carboxylic acids is 1. The smallest absolute Gasteiger partial charge is 0.410 e. The number of piperidine rings is 1. The molecule has 0 spiro atoms. The number of nitrogens with one attached hydrogen (secondary N) is 1. The first kappa shape index (κ1) is 17.5. The molecule has 1 saturated heterocycles. The Balaban J connectivity index is 1.65. The summed E-state index contributed by atoms with van der Waals surface area (Å²) in [6.45, 7) is 8.42. The number of carbonyl (C=O) groups is 1. The van der Waals surface area contributed by atoms with Crippen molar-refractivity contribution in [2.75, 3.05) is 19.6 Å². The van der Waals surface area contributed by atoms with Gasteiger partial charge in [-0.15, -0.1) is 0 Å². The lowest BCUT2D eigenvalue weighted by Crippen LogP contribution is -2.45. The van der Waals surface area contributed by atoms with Gasteiger partial charge >= 0.3 is 6.09 Å². The highest BCUT2D eigenvalue weighted by atomic mass is 16.6. The quantitative estimate of drug-likeness (QED) is 0.840. The molecule has 2 atom stereocenters. The van der Waals surface area contributed by atoms with E-state index in [9.17, 15) is 4.79 Å². The van der Waals surface area contributed by atoms with Crippen LogP contribution in [0.2, 0.25) is 0 Å². The van der Waals surface area contributed by atoms with Gasteiger partial charge in [-0.05, 0) is 65.3 Å². The Kier molecular flexibility index (Phi) is 6.09. The molecule has 0 radical (unpaired) electrons. The average Bonchev–Trinajstić information content (AvgIpc) is 2.44. The van der Waals surface area contributed by atoms with Crippen molar-refractivity contribution in [1.82, 2.24) is 10.2 Å².